The average molecular weight is 336 g/mol. The van der Waals surface area contributed by atoms with Gasteiger partial charge in [-0.2, -0.15) is 0 Å². The summed E-state index contributed by atoms with van der Waals surface area (Å²) < 4.78 is 0.874. The number of benzene rings is 1. The summed E-state index contributed by atoms with van der Waals surface area (Å²) in [5.41, 5.74) is 2.82. The standard InChI is InChI=1S/C16H18BrNO2/c1-10(19)18-7-3-6-12-8-14(17)13(9-15(12)18)16(20)11-4-2-5-11/h8-9,11H,2-7H2,1H3. The Labute approximate surface area is 127 Å². The highest BCUT2D eigenvalue weighted by molar-refractivity contribution is 9.10. The van der Waals surface area contributed by atoms with Crippen molar-refractivity contribution >= 4 is 33.3 Å². The lowest BCUT2D eigenvalue weighted by Gasteiger charge is -2.30. The molecular weight excluding hydrogens is 318 g/mol. The summed E-state index contributed by atoms with van der Waals surface area (Å²) in [5.74, 6) is 0.453. The summed E-state index contributed by atoms with van der Waals surface area (Å²) >= 11 is 3.53. The molecule has 1 aromatic rings. The molecule has 1 aromatic carbocycles. The van der Waals surface area contributed by atoms with Crippen molar-refractivity contribution in [2.24, 2.45) is 5.92 Å². The van der Waals surface area contributed by atoms with E-state index < -0.39 is 0 Å². The number of anilines is 1. The number of nitrogens with zero attached hydrogens (tertiary/aromatic N) is 1. The first-order chi connectivity index (χ1) is 9.58. The Morgan fingerprint density at radius 1 is 1.25 bits per heavy atom. The first-order valence-electron chi connectivity index (χ1n) is 7.22. The molecule has 0 atom stereocenters. The van der Waals surface area contributed by atoms with Crippen LogP contribution in [-0.4, -0.2) is 18.2 Å². The second-order valence-electron chi connectivity index (χ2n) is 5.73. The second-order valence-corrected chi connectivity index (χ2v) is 6.58. The smallest absolute Gasteiger partial charge is 0.223 e. The predicted molar refractivity (Wildman–Crippen MR) is 82.2 cm³/mol. The number of rotatable bonds is 2. The molecule has 0 N–H and O–H groups in total. The number of amides is 1. The Morgan fingerprint density at radius 3 is 2.60 bits per heavy atom. The molecule has 1 amide bonds. The van der Waals surface area contributed by atoms with Gasteiger partial charge in [0.05, 0.1) is 0 Å². The quantitative estimate of drug-likeness (QED) is 0.772. The normalized spacial score (nSPS) is 18.4. The number of fused-ring (bicyclic) bond motifs is 1. The van der Waals surface area contributed by atoms with E-state index in [1.54, 1.807) is 11.8 Å². The van der Waals surface area contributed by atoms with Crippen LogP contribution in [-0.2, 0) is 11.2 Å². The molecule has 1 aliphatic carbocycles. The first-order valence-corrected chi connectivity index (χ1v) is 8.02. The SMILES string of the molecule is CC(=O)N1CCCc2cc(Br)c(C(=O)C3CCC3)cc21. The average Bonchev–Trinajstić information content (AvgIpc) is 2.34. The van der Waals surface area contributed by atoms with Crippen LogP contribution in [0.3, 0.4) is 0 Å². The Morgan fingerprint density at radius 2 is 2.00 bits per heavy atom. The van der Waals surface area contributed by atoms with E-state index in [0.29, 0.717) is 0 Å². The molecule has 1 fully saturated rings. The van der Waals surface area contributed by atoms with Gasteiger partial charge in [-0.25, -0.2) is 0 Å². The minimum absolute atomic E-state index is 0.0512. The molecule has 3 nitrogen and oxygen atoms in total. The van der Waals surface area contributed by atoms with Gasteiger partial charge in [0, 0.05) is 35.1 Å². The van der Waals surface area contributed by atoms with Gasteiger partial charge >= 0.3 is 0 Å². The summed E-state index contributed by atoms with van der Waals surface area (Å²) in [6.45, 7) is 2.34. The van der Waals surface area contributed by atoms with Gasteiger partial charge < -0.3 is 4.90 Å². The number of carbonyl (C=O) groups excluding carboxylic acids is 2. The van der Waals surface area contributed by atoms with Crippen molar-refractivity contribution in [2.75, 3.05) is 11.4 Å². The highest BCUT2D eigenvalue weighted by atomic mass is 79.9. The molecule has 0 radical (unpaired) electrons. The first kappa shape index (κ1) is 13.8. The van der Waals surface area contributed by atoms with Gasteiger partial charge in [0.25, 0.3) is 0 Å². The van der Waals surface area contributed by atoms with Crippen LogP contribution in [0.5, 0.6) is 0 Å². The van der Waals surface area contributed by atoms with Crippen LogP contribution in [0.15, 0.2) is 16.6 Å². The van der Waals surface area contributed by atoms with Gasteiger partial charge in [0.15, 0.2) is 5.78 Å². The number of aryl methyl sites for hydroxylation is 1. The molecule has 1 saturated carbocycles. The Kier molecular flexibility index (Phi) is 3.67. The molecule has 1 heterocycles. The molecule has 2 aliphatic rings. The van der Waals surface area contributed by atoms with E-state index in [9.17, 15) is 9.59 Å². The van der Waals surface area contributed by atoms with Crippen molar-refractivity contribution in [3.63, 3.8) is 0 Å². The maximum absolute atomic E-state index is 12.5. The van der Waals surface area contributed by atoms with Crippen LogP contribution in [0.2, 0.25) is 0 Å². The van der Waals surface area contributed by atoms with Crippen molar-refractivity contribution in [2.45, 2.75) is 39.0 Å². The lowest BCUT2D eigenvalue weighted by atomic mass is 9.79. The van der Waals surface area contributed by atoms with Gasteiger partial charge in [-0.3, -0.25) is 9.59 Å². The third-order valence-electron chi connectivity index (χ3n) is 4.41. The van der Waals surface area contributed by atoms with Crippen molar-refractivity contribution < 1.29 is 9.59 Å². The summed E-state index contributed by atoms with van der Waals surface area (Å²) in [6, 6.07) is 3.94. The van der Waals surface area contributed by atoms with Crippen LogP contribution in [0, 0.1) is 5.92 Å². The van der Waals surface area contributed by atoms with Crippen LogP contribution >= 0.6 is 15.9 Å². The van der Waals surface area contributed by atoms with Gasteiger partial charge in [0.2, 0.25) is 5.91 Å². The van der Waals surface area contributed by atoms with E-state index in [4.69, 9.17) is 0 Å². The fourth-order valence-electron chi connectivity index (χ4n) is 3.01. The minimum Gasteiger partial charge on any atom is -0.312 e. The molecule has 4 heteroatoms. The second kappa shape index (κ2) is 5.32. The summed E-state index contributed by atoms with van der Waals surface area (Å²) in [4.78, 5) is 26.0. The van der Waals surface area contributed by atoms with Crippen LogP contribution in [0.4, 0.5) is 5.69 Å². The number of hydrogen-bond acceptors (Lipinski definition) is 2. The van der Waals surface area contributed by atoms with Gasteiger partial charge in [-0.15, -0.1) is 0 Å². The number of carbonyl (C=O) groups is 2. The van der Waals surface area contributed by atoms with E-state index in [2.05, 4.69) is 15.9 Å². The lowest BCUT2D eigenvalue weighted by molar-refractivity contribution is -0.116. The number of halogens is 1. The highest BCUT2D eigenvalue weighted by Crippen LogP contribution is 2.37. The molecule has 1 aliphatic heterocycles. The van der Waals surface area contributed by atoms with Crippen molar-refractivity contribution in [3.8, 4) is 0 Å². The third kappa shape index (κ3) is 2.30. The predicted octanol–water partition coefficient (Wildman–Crippen LogP) is 3.73. The lowest BCUT2D eigenvalue weighted by Crippen LogP contribution is -2.34. The molecule has 106 valence electrons. The van der Waals surface area contributed by atoms with E-state index in [1.165, 1.54) is 0 Å². The summed E-state index contributed by atoms with van der Waals surface area (Å²) in [7, 11) is 0. The topological polar surface area (TPSA) is 37.4 Å². The largest absolute Gasteiger partial charge is 0.312 e. The highest BCUT2D eigenvalue weighted by Gasteiger charge is 2.29. The number of hydrogen-bond donors (Lipinski definition) is 0. The van der Waals surface area contributed by atoms with Crippen LogP contribution < -0.4 is 4.90 Å². The van der Waals surface area contributed by atoms with Gasteiger partial charge in [-0.05, 0) is 43.4 Å². The maximum atomic E-state index is 12.5. The number of Topliss-reactive ketones (excluding diaryl/α,β-unsaturated/α-hetero) is 1. The Bertz CT molecular complexity index is 578. The zero-order valence-electron chi connectivity index (χ0n) is 11.6. The molecule has 0 spiro atoms. The maximum Gasteiger partial charge on any atom is 0.223 e. The van der Waals surface area contributed by atoms with Crippen molar-refractivity contribution in [1.82, 2.24) is 0 Å². The fraction of sp³-hybridized carbons (Fsp3) is 0.500. The van der Waals surface area contributed by atoms with E-state index >= 15 is 0 Å². The zero-order valence-corrected chi connectivity index (χ0v) is 13.2. The molecule has 3 rings (SSSR count). The van der Waals surface area contributed by atoms with Gasteiger partial charge in [0.1, 0.15) is 0 Å². The Balaban J connectivity index is 2.02. The van der Waals surface area contributed by atoms with Crippen molar-refractivity contribution in [3.05, 3.63) is 27.7 Å². The summed E-state index contributed by atoms with van der Waals surface area (Å²) in [6.07, 6.45) is 5.10. The monoisotopic (exact) mass is 335 g/mol. The zero-order chi connectivity index (χ0) is 14.3. The molecule has 20 heavy (non-hydrogen) atoms. The fourth-order valence-corrected chi connectivity index (χ4v) is 3.60. The minimum atomic E-state index is 0.0512. The number of ketones is 1. The van der Waals surface area contributed by atoms with Gasteiger partial charge in [-0.1, -0.05) is 22.4 Å². The van der Waals surface area contributed by atoms with Crippen molar-refractivity contribution in [1.29, 1.82) is 0 Å². The third-order valence-corrected chi connectivity index (χ3v) is 5.06. The summed E-state index contributed by atoms with van der Waals surface area (Å²) in [5, 5.41) is 0. The Hall–Kier alpha value is -1.16. The molecular formula is C16H18BrNO2. The van der Waals surface area contributed by atoms with Crippen LogP contribution in [0.1, 0.15) is 48.5 Å². The molecule has 0 unspecified atom stereocenters. The van der Waals surface area contributed by atoms with Crippen LogP contribution in [0.25, 0.3) is 0 Å². The molecule has 0 saturated heterocycles. The van der Waals surface area contributed by atoms with E-state index in [1.807, 2.05) is 12.1 Å². The molecule has 0 aromatic heterocycles. The molecule has 0 bridgehead atoms. The van der Waals surface area contributed by atoms with E-state index in [0.717, 1.165) is 59.9 Å². The van der Waals surface area contributed by atoms with E-state index in [-0.39, 0.29) is 17.6 Å².